The van der Waals surface area contributed by atoms with E-state index in [1.165, 1.54) is 5.56 Å². The average Bonchev–Trinajstić information content (AvgIpc) is 2.45. The van der Waals surface area contributed by atoms with Gasteiger partial charge in [0.2, 0.25) is 0 Å². The number of amides is 1. The fraction of sp³-hybridized carbons (Fsp3) is 0.611. The molecule has 4 heteroatoms. The SMILES string of the molecule is CCc1ccc(C2CC(N)CCN2C(=O)OC(C)(C)C)cc1. The lowest BCUT2D eigenvalue weighted by Crippen LogP contribution is -2.46. The van der Waals surface area contributed by atoms with Crippen molar-refractivity contribution in [1.29, 1.82) is 0 Å². The van der Waals surface area contributed by atoms with Crippen LogP contribution in [0.5, 0.6) is 0 Å². The largest absolute Gasteiger partial charge is 0.444 e. The molecule has 0 spiro atoms. The van der Waals surface area contributed by atoms with Gasteiger partial charge in [-0.05, 0) is 51.2 Å². The van der Waals surface area contributed by atoms with Gasteiger partial charge in [0.15, 0.2) is 0 Å². The summed E-state index contributed by atoms with van der Waals surface area (Å²) in [4.78, 5) is 14.3. The number of aryl methyl sites for hydroxylation is 1. The van der Waals surface area contributed by atoms with Gasteiger partial charge in [0.1, 0.15) is 5.60 Å². The smallest absolute Gasteiger partial charge is 0.410 e. The highest BCUT2D eigenvalue weighted by molar-refractivity contribution is 5.69. The van der Waals surface area contributed by atoms with Crippen molar-refractivity contribution < 1.29 is 9.53 Å². The zero-order valence-electron chi connectivity index (χ0n) is 14.1. The fourth-order valence-corrected chi connectivity index (χ4v) is 2.82. The van der Waals surface area contributed by atoms with E-state index in [9.17, 15) is 4.79 Å². The number of rotatable bonds is 2. The van der Waals surface area contributed by atoms with Crippen LogP contribution in [-0.4, -0.2) is 29.2 Å². The second kappa shape index (κ2) is 6.69. The second-order valence-electron chi connectivity index (χ2n) is 7.07. The molecule has 1 aromatic rings. The Morgan fingerprint density at radius 2 is 1.95 bits per heavy atom. The minimum absolute atomic E-state index is 0.00417. The Bertz CT molecular complexity index is 505. The topological polar surface area (TPSA) is 55.6 Å². The van der Waals surface area contributed by atoms with Gasteiger partial charge < -0.3 is 15.4 Å². The molecule has 1 saturated heterocycles. The van der Waals surface area contributed by atoms with Crippen LogP contribution in [0.1, 0.15) is 57.7 Å². The summed E-state index contributed by atoms with van der Waals surface area (Å²) in [6.07, 6.45) is 2.37. The van der Waals surface area contributed by atoms with E-state index in [2.05, 4.69) is 31.2 Å². The van der Waals surface area contributed by atoms with E-state index in [4.69, 9.17) is 10.5 Å². The van der Waals surface area contributed by atoms with Crippen LogP contribution >= 0.6 is 0 Å². The zero-order chi connectivity index (χ0) is 16.3. The number of hydrogen-bond acceptors (Lipinski definition) is 3. The van der Waals surface area contributed by atoms with E-state index < -0.39 is 5.60 Å². The molecule has 2 N–H and O–H groups in total. The maximum atomic E-state index is 12.5. The first-order valence-corrected chi connectivity index (χ1v) is 8.14. The molecule has 1 amide bonds. The van der Waals surface area contributed by atoms with E-state index in [-0.39, 0.29) is 18.2 Å². The number of hydrogen-bond donors (Lipinski definition) is 1. The Kier molecular flexibility index (Phi) is 5.12. The van der Waals surface area contributed by atoms with Gasteiger partial charge in [0, 0.05) is 12.6 Å². The van der Waals surface area contributed by atoms with Crippen LogP contribution in [-0.2, 0) is 11.2 Å². The minimum Gasteiger partial charge on any atom is -0.444 e. The van der Waals surface area contributed by atoms with Gasteiger partial charge in [-0.15, -0.1) is 0 Å². The molecule has 22 heavy (non-hydrogen) atoms. The normalized spacial score (nSPS) is 22.5. The molecule has 4 nitrogen and oxygen atoms in total. The number of carbonyl (C=O) groups excluding carboxylic acids is 1. The highest BCUT2D eigenvalue weighted by Crippen LogP contribution is 2.32. The molecular weight excluding hydrogens is 276 g/mol. The predicted octanol–water partition coefficient (Wildman–Crippen LogP) is 3.65. The number of nitrogens with zero attached hydrogens (tertiary/aromatic N) is 1. The molecule has 2 atom stereocenters. The van der Waals surface area contributed by atoms with Crippen LogP contribution in [0.2, 0.25) is 0 Å². The van der Waals surface area contributed by atoms with Crippen molar-refractivity contribution >= 4 is 6.09 Å². The van der Waals surface area contributed by atoms with Crippen LogP contribution in [0.15, 0.2) is 24.3 Å². The number of carbonyl (C=O) groups is 1. The van der Waals surface area contributed by atoms with E-state index >= 15 is 0 Å². The quantitative estimate of drug-likeness (QED) is 0.907. The first-order chi connectivity index (χ1) is 10.3. The van der Waals surface area contributed by atoms with Crippen molar-refractivity contribution in [3.05, 3.63) is 35.4 Å². The van der Waals surface area contributed by atoms with E-state index in [1.807, 2.05) is 25.7 Å². The number of likely N-dealkylation sites (tertiary alicyclic amines) is 1. The molecule has 0 saturated carbocycles. The molecule has 2 rings (SSSR count). The van der Waals surface area contributed by atoms with E-state index in [1.54, 1.807) is 0 Å². The molecule has 0 aliphatic carbocycles. The minimum atomic E-state index is -0.479. The summed E-state index contributed by atoms with van der Waals surface area (Å²) < 4.78 is 5.56. The average molecular weight is 304 g/mol. The molecule has 1 fully saturated rings. The molecule has 0 bridgehead atoms. The summed E-state index contributed by atoms with van der Waals surface area (Å²) in [7, 11) is 0. The summed E-state index contributed by atoms with van der Waals surface area (Å²) in [5.41, 5.74) is 8.09. The summed E-state index contributed by atoms with van der Waals surface area (Å²) in [6, 6.07) is 8.61. The maximum Gasteiger partial charge on any atom is 0.410 e. The predicted molar refractivity (Wildman–Crippen MR) is 88.7 cm³/mol. The van der Waals surface area contributed by atoms with Gasteiger partial charge in [-0.2, -0.15) is 0 Å². The van der Waals surface area contributed by atoms with Crippen molar-refractivity contribution in [2.24, 2.45) is 5.73 Å². The molecule has 122 valence electrons. The van der Waals surface area contributed by atoms with Gasteiger partial charge in [-0.3, -0.25) is 0 Å². The number of ether oxygens (including phenoxy) is 1. The van der Waals surface area contributed by atoms with Gasteiger partial charge in [0.05, 0.1) is 6.04 Å². The molecule has 2 unspecified atom stereocenters. The Morgan fingerprint density at radius 3 is 2.50 bits per heavy atom. The number of nitrogens with two attached hydrogens (primary N) is 1. The molecule has 0 aromatic heterocycles. The van der Waals surface area contributed by atoms with E-state index in [0.717, 1.165) is 24.8 Å². The number of benzene rings is 1. The summed E-state index contributed by atoms with van der Waals surface area (Å²) >= 11 is 0. The van der Waals surface area contributed by atoms with Gasteiger partial charge in [-0.1, -0.05) is 31.2 Å². The lowest BCUT2D eigenvalue weighted by Gasteiger charge is -2.39. The summed E-state index contributed by atoms with van der Waals surface area (Å²) in [5.74, 6) is 0. The highest BCUT2D eigenvalue weighted by Gasteiger charge is 2.33. The van der Waals surface area contributed by atoms with Crippen LogP contribution < -0.4 is 5.73 Å². The van der Waals surface area contributed by atoms with Gasteiger partial charge in [0.25, 0.3) is 0 Å². The van der Waals surface area contributed by atoms with Crippen LogP contribution in [0.25, 0.3) is 0 Å². The summed E-state index contributed by atoms with van der Waals surface area (Å²) in [5, 5.41) is 0. The van der Waals surface area contributed by atoms with Gasteiger partial charge >= 0.3 is 6.09 Å². The van der Waals surface area contributed by atoms with Crippen molar-refractivity contribution in [2.75, 3.05) is 6.54 Å². The molecule has 1 aliphatic rings. The monoisotopic (exact) mass is 304 g/mol. The summed E-state index contributed by atoms with van der Waals surface area (Å²) in [6.45, 7) is 8.47. The third kappa shape index (κ3) is 4.23. The Balaban J connectivity index is 2.20. The lowest BCUT2D eigenvalue weighted by molar-refractivity contribution is 0.00797. The molecule has 0 radical (unpaired) electrons. The third-order valence-corrected chi connectivity index (χ3v) is 4.04. The first kappa shape index (κ1) is 16.8. The highest BCUT2D eigenvalue weighted by atomic mass is 16.6. The fourth-order valence-electron chi connectivity index (χ4n) is 2.82. The molecule has 1 aromatic carbocycles. The zero-order valence-corrected chi connectivity index (χ0v) is 14.1. The lowest BCUT2D eigenvalue weighted by atomic mass is 9.92. The van der Waals surface area contributed by atoms with Crippen LogP contribution in [0.4, 0.5) is 4.79 Å². The molecule has 1 aliphatic heterocycles. The van der Waals surface area contributed by atoms with E-state index in [0.29, 0.717) is 6.54 Å². The van der Waals surface area contributed by atoms with Crippen molar-refractivity contribution in [3.8, 4) is 0 Å². The Hall–Kier alpha value is -1.55. The Morgan fingerprint density at radius 1 is 1.32 bits per heavy atom. The van der Waals surface area contributed by atoms with Gasteiger partial charge in [-0.25, -0.2) is 4.79 Å². The van der Waals surface area contributed by atoms with Crippen molar-refractivity contribution in [2.45, 2.75) is 64.6 Å². The van der Waals surface area contributed by atoms with Crippen molar-refractivity contribution in [3.63, 3.8) is 0 Å². The molecule has 1 heterocycles. The third-order valence-electron chi connectivity index (χ3n) is 4.04. The van der Waals surface area contributed by atoms with Crippen LogP contribution in [0, 0.1) is 0 Å². The number of piperidine rings is 1. The molecular formula is C18H28N2O2. The first-order valence-electron chi connectivity index (χ1n) is 8.14. The van der Waals surface area contributed by atoms with Crippen molar-refractivity contribution in [1.82, 2.24) is 4.90 Å². The maximum absolute atomic E-state index is 12.5. The second-order valence-corrected chi connectivity index (χ2v) is 7.07. The standard InChI is InChI=1S/C18H28N2O2/c1-5-13-6-8-14(9-7-13)16-12-15(19)10-11-20(16)17(21)22-18(2,3)4/h6-9,15-16H,5,10-12,19H2,1-4H3. The Labute approximate surface area is 133 Å². The van der Waals surface area contributed by atoms with Crippen LogP contribution in [0.3, 0.4) is 0 Å².